The van der Waals surface area contributed by atoms with Gasteiger partial charge in [0.2, 0.25) is 0 Å². The lowest BCUT2D eigenvalue weighted by Crippen LogP contribution is -2.14. The van der Waals surface area contributed by atoms with Crippen molar-refractivity contribution in [2.24, 2.45) is 0 Å². The molecule has 0 aliphatic heterocycles. The first kappa shape index (κ1) is 13.5. The van der Waals surface area contributed by atoms with E-state index in [4.69, 9.17) is 0 Å². The number of nitrogens with one attached hydrogen (secondary N) is 1. The molecule has 0 saturated carbocycles. The number of nitrogens with zero attached hydrogens (tertiary/aromatic N) is 3. The van der Waals surface area contributed by atoms with E-state index >= 15 is 0 Å². The van der Waals surface area contributed by atoms with Gasteiger partial charge in [-0.2, -0.15) is 0 Å². The van der Waals surface area contributed by atoms with Crippen molar-refractivity contribution in [2.75, 3.05) is 13.1 Å². The van der Waals surface area contributed by atoms with Crippen molar-refractivity contribution >= 4 is 6.08 Å². The molecule has 0 unspecified atom stereocenters. The van der Waals surface area contributed by atoms with Gasteiger partial charge in [0, 0.05) is 0 Å². The average molecular weight is 256 g/mol. The molecule has 19 heavy (non-hydrogen) atoms. The average Bonchev–Trinajstić information content (AvgIpc) is 2.92. The summed E-state index contributed by atoms with van der Waals surface area (Å²) in [7, 11) is 0. The van der Waals surface area contributed by atoms with E-state index in [-0.39, 0.29) is 0 Å². The zero-order valence-corrected chi connectivity index (χ0v) is 11.3. The van der Waals surface area contributed by atoms with Crippen LogP contribution in [0.1, 0.15) is 25.5 Å². The van der Waals surface area contributed by atoms with Crippen LogP contribution in [0.15, 0.2) is 42.6 Å². The number of rotatable bonds is 7. The zero-order chi connectivity index (χ0) is 13.3. The first-order valence-electron chi connectivity index (χ1n) is 6.75. The van der Waals surface area contributed by atoms with E-state index < -0.39 is 0 Å². The fourth-order valence-corrected chi connectivity index (χ4v) is 1.82. The van der Waals surface area contributed by atoms with Crippen LogP contribution in [0, 0.1) is 0 Å². The van der Waals surface area contributed by atoms with E-state index in [0.717, 1.165) is 30.9 Å². The van der Waals surface area contributed by atoms with Gasteiger partial charge in [0.15, 0.2) is 0 Å². The number of benzene rings is 1. The van der Waals surface area contributed by atoms with Gasteiger partial charge in [0.05, 0.1) is 17.6 Å². The lowest BCUT2D eigenvalue weighted by molar-refractivity contribution is 0.679. The Balaban J connectivity index is 1.95. The molecular weight excluding hydrogens is 236 g/mol. The maximum Gasteiger partial charge on any atom is 0.0868 e. The Hall–Kier alpha value is -1.94. The number of aromatic nitrogens is 3. The summed E-state index contributed by atoms with van der Waals surface area (Å²) in [5.74, 6) is 0. The molecule has 1 N–H and O–H groups in total. The van der Waals surface area contributed by atoms with Crippen LogP contribution < -0.4 is 5.32 Å². The molecule has 0 bridgehead atoms. The first-order valence-corrected chi connectivity index (χ1v) is 6.75. The molecule has 4 heteroatoms. The van der Waals surface area contributed by atoms with Crippen LogP contribution in [0.2, 0.25) is 0 Å². The molecule has 0 saturated heterocycles. The number of hydrogen-bond acceptors (Lipinski definition) is 3. The topological polar surface area (TPSA) is 42.7 Å². The fourth-order valence-electron chi connectivity index (χ4n) is 1.82. The Morgan fingerprint density at radius 1 is 1.21 bits per heavy atom. The summed E-state index contributed by atoms with van der Waals surface area (Å²) in [5, 5.41) is 11.5. The Morgan fingerprint density at radius 2 is 2.05 bits per heavy atom. The van der Waals surface area contributed by atoms with E-state index in [1.807, 2.05) is 35.0 Å². The summed E-state index contributed by atoms with van der Waals surface area (Å²) < 4.78 is 1.84. The zero-order valence-electron chi connectivity index (χ0n) is 11.3. The predicted molar refractivity (Wildman–Crippen MR) is 78.2 cm³/mol. The van der Waals surface area contributed by atoms with Gasteiger partial charge in [0.25, 0.3) is 0 Å². The molecule has 2 rings (SSSR count). The molecule has 4 nitrogen and oxygen atoms in total. The molecule has 1 heterocycles. The Bertz CT molecular complexity index is 502. The van der Waals surface area contributed by atoms with Gasteiger partial charge in [-0.1, -0.05) is 36.4 Å². The van der Waals surface area contributed by atoms with Crippen LogP contribution in [-0.4, -0.2) is 28.1 Å². The van der Waals surface area contributed by atoms with Crippen molar-refractivity contribution in [2.45, 2.75) is 19.8 Å². The molecule has 0 radical (unpaired) electrons. The lowest BCUT2D eigenvalue weighted by Gasteiger charge is -2.02. The number of hydrogen-bond donors (Lipinski definition) is 1. The van der Waals surface area contributed by atoms with Gasteiger partial charge in [-0.3, -0.25) is 0 Å². The SMILES string of the molecule is CCCNCC/C=C/c1cnnn1-c1ccccc1. The molecule has 0 atom stereocenters. The molecule has 0 aliphatic rings. The maximum atomic E-state index is 4.11. The highest BCUT2D eigenvalue weighted by Crippen LogP contribution is 2.09. The predicted octanol–water partition coefficient (Wildman–Crippen LogP) is 2.67. The Kier molecular flexibility index (Phi) is 5.31. The normalized spacial score (nSPS) is 11.2. The van der Waals surface area contributed by atoms with E-state index in [1.54, 1.807) is 6.20 Å². The summed E-state index contributed by atoms with van der Waals surface area (Å²) in [6.45, 7) is 4.27. The summed E-state index contributed by atoms with van der Waals surface area (Å²) in [5.41, 5.74) is 2.03. The third-order valence-electron chi connectivity index (χ3n) is 2.78. The lowest BCUT2D eigenvalue weighted by atomic mass is 10.3. The molecule has 0 aliphatic carbocycles. The highest BCUT2D eigenvalue weighted by atomic mass is 15.4. The summed E-state index contributed by atoms with van der Waals surface area (Å²) >= 11 is 0. The van der Waals surface area contributed by atoms with Crippen LogP contribution in [0.3, 0.4) is 0 Å². The summed E-state index contributed by atoms with van der Waals surface area (Å²) in [4.78, 5) is 0. The molecule has 0 spiro atoms. The van der Waals surface area contributed by atoms with Crippen molar-refractivity contribution in [3.63, 3.8) is 0 Å². The van der Waals surface area contributed by atoms with Gasteiger partial charge < -0.3 is 5.32 Å². The molecule has 0 amide bonds. The second-order valence-electron chi connectivity index (χ2n) is 4.35. The Labute approximate surface area is 114 Å². The Morgan fingerprint density at radius 3 is 2.84 bits per heavy atom. The van der Waals surface area contributed by atoms with Gasteiger partial charge in [-0.25, -0.2) is 4.68 Å². The van der Waals surface area contributed by atoms with Crippen molar-refractivity contribution in [1.29, 1.82) is 0 Å². The second kappa shape index (κ2) is 7.48. The third-order valence-corrected chi connectivity index (χ3v) is 2.78. The van der Waals surface area contributed by atoms with Crippen LogP contribution in [0.25, 0.3) is 11.8 Å². The van der Waals surface area contributed by atoms with Gasteiger partial charge in [-0.05, 0) is 44.1 Å². The number of para-hydroxylation sites is 1. The monoisotopic (exact) mass is 256 g/mol. The minimum atomic E-state index is 1.00. The minimum absolute atomic E-state index is 1.00. The molecule has 100 valence electrons. The summed E-state index contributed by atoms with van der Waals surface area (Å²) in [6, 6.07) is 10.0. The second-order valence-corrected chi connectivity index (χ2v) is 4.35. The summed E-state index contributed by atoms with van der Waals surface area (Å²) in [6.07, 6.45) is 8.19. The standard InChI is InChI=1S/C15H20N4/c1-2-11-16-12-7-6-10-15-13-17-18-19(15)14-8-4-3-5-9-14/h3-6,8-10,13,16H,2,7,11-12H2,1H3/b10-6+. The maximum absolute atomic E-state index is 4.11. The molecular formula is C15H20N4. The van der Waals surface area contributed by atoms with Crippen molar-refractivity contribution < 1.29 is 0 Å². The van der Waals surface area contributed by atoms with E-state index in [1.165, 1.54) is 6.42 Å². The van der Waals surface area contributed by atoms with Gasteiger partial charge >= 0.3 is 0 Å². The van der Waals surface area contributed by atoms with Crippen molar-refractivity contribution in [3.05, 3.63) is 48.3 Å². The van der Waals surface area contributed by atoms with E-state index in [0.29, 0.717) is 0 Å². The van der Waals surface area contributed by atoms with Crippen molar-refractivity contribution in [3.8, 4) is 5.69 Å². The molecule has 2 aromatic rings. The first-order chi connectivity index (χ1) is 9.42. The molecule has 0 fully saturated rings. The highest BCUT2D eigenvalue weighted by Gasteiger charge is 2.01. The van der Waals surface area contributed by atoms with Gasteiger partial charge in [-0.15, -0.1) is 5.10 Å². The van der Waals surface area contributed by atoms with Gasteiger partial charge in [0.1, 0.15) is 0 Å². The fraction of sp³-hybridized carbons (Fsp3) is 0.333. The highest BCUT2D eigenvalue weighted by molar-refractivity contribution is 5.47. The van der Waals surface area contributed by atoms with Crippen LogP contribution in [-0.2, 0) is 0 Å². The van der Waals surface area contributed by atoms with Crippen molar-refractivity contribution in [1.82, 2.24) is 20.3 Å². The van der Waals surface area contributed by atoms with Crippen LogP contribution >= 0.6 is 0 Å². The molecule has 1 aromatic carbocycles. The van der Waals surface area contributed by atoms with Crippen LogP contribution in [0.5, 0.6) is 0 Å². The minimum Gasteiger partial charge on any atom is -0.316 e. The van der Waals surface area contributed by atoms with E-state index in [2.05, 4.69) is 34.7 Å². The smallest absolute Gasteiger partial charge is 0.0868 e. The van der Waals surface area contributed by atoms with Crippen LogP contribution in [0.4, 0.5) is 0 Å². The largest absolute Gasteiger partial charge is 0.316 e. The van der Waals surface area contributed by atoms with E-state index in [9.17, 15) is 0 Å². The third kappa shape index (κ3) is 4.03. The molecule has 1 aromatic heterocycles. The quantitative estimate of drug-likeness (QED) is 0.774.